The second-order valence-electron chi connectivity index (χ2n) is 3.24. The molecule has 0 aliphatic rings. The quantitative estimate of drug-likeness (QED) is 0.860. The minimum Gasteiger partial charge on any atom is -0.339 e. The summed E-state index contributed by atoms with van der Waals surface area (Å²) in [5.41, 5.74) is 0.382. The molecule has 0 unspecified atom stereocenters. The molecule has 1 aromatic carbocycles. The summed E-state index contributed by atoms with van der Waals surface area (Å²) in [6, 6.07) is 11.5. The molecule has 0 bridgehead atoms. The summed E-state index contributed by atoms with van der Waals surface area (Å²) in [5.74, 6) is -0.00558. The maximum Gasteiger partial charge on any atom is 0.143 e. The lowest BCUT2D eigenvalue weighted by Crippen LogP contribution is -1.97. The Morgan fingerprint density at radius 3 is 2.71 bits per heavy atom. The van der Waals surface area contributed by atoms with E-state index in [0.717, 1.165) is 0 Å². The Balaban J connectivity index is 2.37. The van der Waals surface area contributed by atoms with Gasteiger partial charge in [-0.05, 0) is 40.2 Å². The molecule has 0 fully saturated rings. The zero-order valence-corrected chi connectivity index (χ0v) is 10.2. The fourth-order valence-corrected chi connectivity index (χ4v) is 1.70. The summed E-state index contributed by atoms with van der Waals surface area (Å²) in [4.78, 5) is 4.15. The van der Waals surface area contributed by atoms with Crippen LogP contribution < -0.4 is 5.32 Å². The van der Waals surface area contributed by atoms with Crippen LogP contribution in [0, 0.1) is 17.1 Å². The number of benzene rings is 1. The van der Waals surface area contributed by atoms with Gasteiger partial charge in [0.25, 0.3) is 0 Å². The van der Waals surface area contributed by atoms with Crippen molar-refractivity contribution in [2.75, 3.05) is 5.32 Å². The highest BCUT2D eigenvalue weighted by Crippen LogP contribution is 2.22. The second kappa shape index (κ2) is 4.93. The number of hydrogen-bond donors (Lipinski definition) is 1. The van der Waals surface area contributed by atoms with Crippen molar-refractivity contribution in [1.82, 2.24) is 4.98 Å². The molecule has 0 spiro atoms. The van der Waals surface area contributed by atoms with Crippen LogP contribution in [0.4, 0.5) is 15.9 Å². The molecule has 2 aromatic rings. The molecule has 0 saturated heterocycles. The van der Waals surface area contributed by atoms with Crippen LogP contribution in [0.25, 0.3) is 0 Å². The predicted molar refractivity (Wildman–Crippen MR) is 66.3 cm³/mol. The fraction of sp³-hybridized carbons (Fsp3) is 0. The maximum atomic E-state index is 13.3. The standard InChI is InChI=1S/C12H7BrFN3/c13-11-5-2-6-12(17-11)16-10-4-1-3-9(14)8(10)7-15/h1-6H,(H,16,17). The topological polar surface area (TPSA) is 48.7 Å². The lowest BCUT2D eigenvalue weighted by Gasteiger charge is -2.07. The first-order valence-corrected chi connectivity index (χ1v) is 5.58. The summed E-state index contributed by atoms with van der Waals surface area (Å²) < 4.78 is 14.0. The summed E-state index contributed by atoms with van der Waals surface area (Å²) in [5, 5.41) is 11.8. The number of aromatic nitrogens is 1. The Morgan fingerprint density at radius 2 is 2.00 bits per heavy atom. The highest BCUT2D eigenvalue weighted by atomic mass is 79.9. The van der Waals surface area contributed by atoms with Crippen molar-refractivity contribution >= 4 is 27.4 Å². The van der Waals surface area contributed by atoms with Crippen molar-refractivity contribution in [2.24, 2.45) is 0 Å². The van der Waals surface area contributed by atoms with Gasteiger partial charge in [0.15, 0.2) is 0 Å². The fourth-order valence-electron chi connectivity index (χ4n) is 1.36. The summed E-state index contributed by atoms with van der Waals surface area (Å²) in [6.45, 7) is 0. The van der Waals surface area contributed by atoms with Crippen molar-refractivity contribution in [3.8, 4) is 6.07 Å². The maximum absolute atomic E-state index is 13.3. The van der Waals surface area contributed by atoms with Gasteiger partial charge < -0.3 is 5.32 Å². The molecular weight excluding hydrogens is 285 g/mol. The van der Waals surface area contributed by atoms with Crippen LogP contribution in [0.3, 0.4) is 0 Å². The van der Waals surface area contributed by atoms with Crippen molar-refractivity contribution < 1.29 is 4.39 Å². The molecule has 0 amide bonds. The van der Waals surface area contributed by atoms with E-state index in [1.807, 2.05) is 6.07 Å². The van der Waals surface area contributed by atoms with Gasteiger partial charge in [0, 0.05) is 0 Å². The zero-order valence-electron chi connectivity index (χ0n) is 8.61. The van der Waals surface area contributed by atoms with Crippen LogP contribution in [0.5, 0.6) is 0 Å². The SMILES string of the molecule is N#Cc1c(F)cccc1Nc1cccc(Br)n1. The predicted octanol–water partition coefficient (Wildman–Crippen LogP) is 3.60. The van der Waals surface area contributed by atoms with Gasteiger partial charge >= 0.3 is 0 Å². The van der Waals surface area contributed by atoms with Crippen molar-refractivity contribution in [1.29, 1.82) is 5.26 Å². The molecule has 0 radical (unpaired) electrons. The summed E-state index contributed by atoms with van der Waals surface area (Å²) >= 11 is 3.24. The van der Waals surface area contributed by atoms with Crippen LogP contribution in [0.2, 0.25) is 0 Å². The molecule has 1 N–H and O–H groups in total. The molecular formula is C12H7BrFN3. The van der Waals surface area contributed by atoms with Crippen LogP contribution in [-0.2, 0) is 0 Å². The smallest absolute Gasteiger partial charge is 0.143 e. The molecule has 5 heteroatoms. The van der Waals surface area contributed by atoms with Gasteiger partial charge in [0.05, 0.1) is 5.69 Å². The number of halogens is 2. The lowest BCUT2D eigenvalue weighted by atomic mass is 10.2. The van der Waals surface area contributed by atoms with E-state index >= 15 is 0 Å². The third-order valence-electron chi connectivity index (χ3n) is 2.10. The highest BCUT2D eigenvalue weighted by molar-refractivity contribution is 9.10. The molecule has 17 heavy (non-hydrogen) atoms. The van der Waals surface area contributed by atoms with Gasteiger partial charge in [-0.25, -0.2) is 9.37 Å². The first kappa shape index (κ1) is 11.6. The van der Waals surface area contributed by atoms with E-state index < -0.39 is 5.82 Å². The van der Waals surface area contributed by atoms with E-state index in [0.29, 0.717) is 16.1 Å². The van der Waals surface area contributed by atoms with Gasteiger partial charge in [0.2, 0.25) is 0 Å². The van der Waals surface area contributed by atoms with Gasteiger partial charge in [-0.1, -0.05) is 12.1 Å². The first-order chi connectivity index (χ1) is 8.20. The number of rotatable bonds is 2. The Hall–Kier alpha value is -1.93. The third kappa shape index (κ3) is 2.60. The molecule has 84 valence electrons. The van der Waals surface area contributed by atoms with Crippen LogP contribution in [-0.4, -0.2) is 4.98 Å². The summed E-state index contributed by atoms with van der Waals surface area (Å²) in [7, 11) is 0. The minimum absolute atomic E-state index is 0.0192. The molecule has 3 nitrogen and oxygen atoms in total. The molecule has 2 rings (SSSR count). The molecule has 0 saturated carbocycles. The number of pyridine rings is 1. The molecule has 0 atom stereocenters. The average molecular weight is 292 g/mol. The minimum atomic E-state index is -0.549. The summed E-state index contributed by atoms with van der Waals surface area (Å²) in [6.07, 6.45) is 0. The Morgan fingerprint density at radius 1 is 1.24 bits per heavy atom. The normalized spacial score (nSPS) is 9.71. The molecule has 1 heterocycles. The number of nitrogens with zero attached hydrogens (tertiary/aromatic N) is 2. The van der Waals surface area contributed by atoms with E-state index in [1.54, 1.807) is 24.3 Å². The van der Waals surface area contributed by atoms with E-state index in [-0.39, 0.29) is 5.56 Å². The Bertz CT molecular complexity index is 593. The van der Waals surface area contributed by atoms with E-state index in [4.69, 9.17) is 5.26 Å². The van der Waals surface area contributed by atoms with Crippen LogP contribution in [0.1, 0.15) is 5.56 Å². The van der Waals surface area contributed by atoms with Gasteiger partial charge in [-0.15, -0.1) is 0 Å². The number of hydrogen-bond acceptors (Lipinski definition) is 3. The lowest BCUT2D eigenvalue weighted by molar-refractivity contribution is 0.624. The van der Waals surface area contributed by atoms with Crippen molar-refractivity contribution in [2.45, 2.75) is 0 Å². The molecule has 0 aliphatic carbocycles. The second-order valence-corrected chi connectivity index (χ2v) is 4.06. The van der Waals surface area contributed by atoms with Crippen LogP contribution >= 0.6 is 15.9 Å². The van der Waals surface area contributed by atoms with E-state index in [2.05, 4.69) is 26.2 Å². The van der Waals surface area contributed by atoms with Gasteiger partial charge in [0.1, 0.15) is 27.9 Å². The van der Waals surface area contributed by atoms with E-state index in [9.17, 15) is 4.39 Å². The zero-order chi connectivity index (χ0) is 12.3. The third-order valence-corrected chi connectivity index (χ3v) is 2.54. The monoisotopic (exact) mass is 291 g/mol. The van der Waals surface area contributed by atoms with Gasteiger partial charge in [-0.2, -0.15) is 5.26 Å². The Labute approximate surface area is 106 Å². The number of anilines is 2. The first-order valence-electron chi connectivity index (χ1n) is 4.79. The molecule has 1 aromatic heterocycles. The number of nitriles is 1. The van der Waals surface area contributed by atoms with Crippen molar-refractivity contribution in [3.63, 3.8) is 0 Å². The largest absolute Gasteiger partial charge is 0.339 e. The Kier molecular flexibility index (Phi) is 3.35. The van der Waals surface area contributed by atoms with Crippen LogP contribution in [0.15, 0.2) is 41.0 Å². The highest BCUT2D eigenvalue weighted by Gasteiger charge is 2.08. The van der Waals surface area contributed by atoms with Crippen molar-refractivity contribution in [3.05, 3.63) is 52.4 Å². The molecule has 0 aliphatic heterocycles. The van der Waals surface area contributed by atoms with E-state index in [1.165, 1.54) is 12.1 Å². The van der Waals surface area contributed by atoms with Gasteiger partial charge in [-0.3, -0.25) is 0 Å². The average Bonchev–Trinajstić information content (AvgIpc) is 2.29. The number of nitrogens with one attached hydrogen (secondary N) is 1.